The smallest absolute Gasteiger partial charge is 0.243 e. The fraction of sp³-hybridized carbons (Fsp3) is 0.423. The van der Waals surface area contributed by atoms with Crippen molar-refractivity contribution in [3.63, 3.8) is 0 Å². The molecule has 0 saturated carbocycles. The van der Waals surface area contributed by atoms with E-state index in [4.69, 9.17) is 0 Å². The van der Waals surface area contributed by atoms with Crippen LogP contribution in [0.3, 0.4) is 0 Å². The van der Waals surface area contributed by atoms with E-state index >= 15 is 0 Å². The molecule has 7 heteroatoms. The molecule has 174 valence electrons. The lowest BCUT2D eigenvalue weighted by Crippen LogP contribution is -2.33. The summed E-state index contributed by atoms with van der Waals surface area (Å²) in [5.41, 5.74) is 3.40. The van der Waals surface area contributed by atoms with Gasteiger partial charge in [-0.2, -0.15) is 4.31 Å². The second-order valence-corrected chi connectivity index (χ2v) is 11.1. The lowest BCUT2D eigenvalue weighted by Gasteiger charge is -2.26. The van der Waals surface area contributed by atoms with Gasteiger partial charge in [0.15, 0.2) is 0 Å². The number of amides is 1. The number of rotatable bonds is 5. The third-order valence-electron chi connectivity index (χ3n) is 6.96. The number of fused-ring (bicyclic) bond motifs is 2. The molecule has 0 unspecified atom stereocenters. The lowest BCUT2D eigenvalue weighted by atomic mass is 9.88. The predicted molar refractivity (Wildman–Crippen MR) is 129 cm³/mol. The van der Waals surface area contributed by atoms with Crippen molar-refractivity contribution in [1.29, 1.82) is 0 Å². The molecule has 0 radical (unpaired) electrons. The van der Waals surface area contributed by atoms with Crippen molar-refractivity contribution in [3.05, 3.63) is 65.9 Å². The fourth-order valence-corrected chi connectivity index (χ4v) is 6.76. The molecule has 2 aliphatic rings. The van der Waals surface area contributed by atoms with Crippen molar-refractivity contribution >= 4 is 26.8 Å². The van der Waals surface area contributed by atoms with Crippen LogP contribution in [0.15, 0.2) is 59.6 Å². The van der Waals surface area contributed by atoms with E-state index < -0.39 is 10.0 Å². The Morgan fingerprint density at radius 2 is 1.76 bits per heavy atom. The van der Waals surface area contributed by atoms with Gasteiger partial charge in [-0.3, -0.25) is 4.79 Å². The highest BCUT2D eigenvalue weighted by molar-refractivity contribution is 7.89. The Labute approximate surface area is 195 Å². The Morgan fingerprint density at radius 1 is 0.970 bits per heavy atom. The summed E-state index contributed by atoms with van der Waals surface area (Å²) in [5, 5.41) is 4.04. The highest BCUT2D eigenvalue weighted by Gasteiger charge is 2.26. The average Bonchev–Trinajstić information content (AvgIpc) is 3.02. The van der Waals surface area contributed by atoms with E-state index in [1.165, 1.54) is 11.1 Å². The molecule has 1 amide bonds. The first-order chi connectivity index (χ1) is 16.0. The number of hydrogen-bond acceptors (Lipinski definition) is 3. The maximum absolute atomic E-state index is 13.1. The van der Waals surface area contributed by atoms with Crippen LogP contribution in [-0.4, -0.2) is 36.3 Å². The number of benzene rings is 2. The molecule has 1 aromatic heterocycles. The second-order valence-electron chi connectivity index (χ2n) is 9.19. The first-order valence-corrected chi connectivity index (χ1v) is 13.4. The van der Waals surface area contributed by atoms with E-state index in [2.05, 4.69) is 23.5 Å². The number of carbonyl (C=O) groups is 1. The average molecular weight is 466 g/mol. The topological polar surface area (TPSA) is 71.4 Å². The van der Waals surface area contributed by atoms with Gasteiger partial charge in [0, 0.05) is 30.2 Å². The molecule has 0 spiro atoms. The highest BCUT2D eigenvalue weighted by atomic mass is 32.2. The van der Waals surface area contributed by atoms with E-state index in [1.54, 1.807) is 16.4 Å². The highest BCUT2D eigenvalue weighted by Crippen LogP contribution is 2.30. The first-order valence-electron chi connectivity index (χ1n) is 12.0. The summed E-state index contributed by atoms with van der Waals surface area (Å²) >= 11 is 0. The van der Waals surface area contributed by atoms with E-state index in [1.807, 2.05) is 29.0 Å². The van der Waals surface area contributed by atoms with Crippen LogP contribution in [0.25, 0.3) is 10.9 Å². The van der Waals surface area contributed by atoms with Crippen LogP contribution in [-0.2, 0) is 27.8 Å². The molecular formula is C26H31N3O3S. The van der Waals surface area contributed by atoms with Crippen molar-refractivity contribution in [1.82, 2.24) is 14.2 Å². The standard InChI is InChI=1S/C26H31N3O3S/c30-26(27-24-11-7-9-20-8-3-4-10-23(20)24)19-28-17-14-21-18-22(12-13-25(21)28)33(31,32)29-15-5-1-2-6-16-29/h3-4,8,10,12-14,17-18,24H,1-2,5-7,9,11,15-16,19H2,(H,27,30)/t24-/m0/s1. The minimum Gasteiger partial charge on any atom is -0.348 e. The van der Waals surface area contributed by atoms with Crippen molar-refractivity contribution in [2.75, 3.05) is 13.1 Å². The molecule has 6 nitrogen and oxygen atoms in total. The molecule has 1 aliphatic carbocycles. The van der Waals surface area contributed by atoms with Crippen LogP contribution >= 0.6 is 0 Å². The predicted octanol–water partition coefficient (Wildman–Crippen LogP) is 4.40. The summed E-state index contributed by atoms with van der Waals surface area (Å²) in [6.45, 7) is 1.39. The minimum atomic E-state index is -3.49. The molecule has 1 N–H and O–H groups in total. The molecule has 1 saturated heterocycles. The van der Waals surface area contributed by atoms with Crippen molar-refractivity contribution in [2.24, 2.45) is 0 Å². The lowest BCUT2D eigenvalue weighted by molar-refractivity contribution is -0.122. The second kappa shape index (κ2) is 9.31. The number of hydrogen-bond donors (Lipinski definition) is 1. The molecular weight excluding hydrogens is 434 g/mol. The van der Waals surface area contributed by atoms with Gasteiger partial charge in [0.25, 0.3) is 0 Å². The molecule has 2 aromatic carbocycles. The molecule has 2 heterocycles. The van der Waals surface area contributed by atoms with E-state index in [0.717, 1.165) is 55.8 Å². The van der Waals surface area contributed by atoms with E-state index in [0.29, 0.717) is 18.0 Å². The fourth-order valence-electron chi connectivity index (χ4n) is 5.21. The first kappa shape index (κ1) is 22.2. The van der Waals surface area contributed by atoms with Crippen molar-refractivity contribution in [2.45, 2.75) is 62.4 Å². The summed E-state index contributed by atoms with van der Waals surface area (Å²) in [6, 6.07) is 15.5. The molecule has 1 fully saturated rings. The summed E-state index contributed by atoms with van der Waals surface area (Å²) in [7, 11) is -3.49. The van der Waals surface area contributed by atoms with Crippen molar-refractivity contribution in [3.8, 4) is 0 Å². The van der Waals surface area contributed by atoms with Crippen LogP contribution < -0.4 is 5.32 Å². The van der Waals surface area contributed by atoms with E-state index in [9.17, 15) is 13.2 Å². The van der Waals surface area contributed by atoms with Gasteiger partial charge < -0.3 is 9.88 Å². The molecule has 5 rings (SSSR count). The zero-order chi connectivity index (χ0) is 22.8. The zero-order valence-corrected chi connectivity index (χ0v) is 19.7. The number of carbonyl (C=O) groups excluding carboxylic acids is 1. The van der Waals surface area contributed by atoms with Gasteiger partial charge in [-0.25, -0.2) is 8.42 Å². The SMILES string of the molecule is O=C(Cn1ccc2cc(S(=O)(=O)N3CCCCCC3)ccc21)N[C@H]1CCCc2ccccc21. The Morgan fingerprint density at radius 3 is 2.58 bits per heavy atom. The van der Waals surface area contributed by atoms with Crippen LogP contribution in [0.4, 0.5) is 0 Å². The number of nitrogens with one attached hydrogen (secondary N) is 1. The summed E-state index contributed by atoms with van der Waals surface area (Å²) in [6.07, 6.45) is 8.95. The molecule has 1 aliphatic heterocycles. The molecule has 0 bridgehead atoms. The van der Waals surface area contributed by atoms with Gasteiger partial charge in [0.2, 0.25) is 15.9 Å². The van der Waals surface area contributed by atoms with Crippen LogP contribution in [0.2, 0.25) is 0 Å². The zero-order valence-electron chi connectivity index (χ0n) is 18.9. The van der Waals surface area contributed by atoms with Gasteiger partial charge in [-0.15, -0.1) is 0 Å². The third kappa shape index (κ3) is 4.57. The van der Waals surface area contributed by atoms with Gasteiger partial charge in [0.05, 0.1) is 10.9 Å². The maximum Gasteiger partial charge on any atom is 0.243 e. The Bertz CT molecular complexity index is 1260. The number of sulfonamides is 1. The Kier molecular flexibility index (Phi) is 6.25. The number of aromatic nitrogens is 1. The quantitative estimate of drug-likeness (QED) is 0.607. The summed E-state index contributed by atoms with van der Waals surface area (Å²) in [4.78, 5) is 13.2. The molecule has 3 aromatic rings. The van der Waals surface area contributed by atoms with Crippen molar-refractivity contribution < 1.29 is 13.2 Å². The van der Waals surface area contributed by atoms with Crippen LogP contribution in [0, 0.1) is 0 Å². The molecule has 1 atom stereocenters. The van der Waals surface area contributed by atoms with Gasteiger partial charge in [-0.1, -0.05) is 37.1 Å². The van der Waals surface area contributed by atoms with Crippen LogP contribution in [0.5, 0.6) is 0 Å². The van der Waals surface area contributed by atoms with E-state index in [-0.39, 0.29) is 18.5 Å². The Hall–Kier alpha value is -2.64. The van der Waals surface area contributed by atoms with Gasteiger partial charge in [-0.05, 0) is 67.5 Å². The normalized spacial score (nSPS) is 19.7. The van der Waals surface area contributed by atoms with Gasteiger partial charge >= 0.3 is 0 Å². The van der Waals surface area contributed by atoms with Crippen LogP contribution in [0.1, 0.15) is 55.7 Å². The Balaban J connectivity index is 1.32. The molecule has 33 heavy (non-hydrogen) atoms. The number of nitrogens with zero attached hydrogens (tertiary/aromatic N) is 2. The number of aryl methyl sites for hydroxylation is 1. The summed E-state index contributed by atoms with van der Waals surface area (Å²) in [5.74, 6) is -0.0320. The largest absolute Gasteiger partial charge is 0.348 e. The third-order valence-corrected chi connectivity index (χ3v) is 8.86. The summed E-state index contributed by atoms with van der Waals surface area (Å²) < 4.78 is 29.8. The minimum absolute atomic E-state index is 0.0320. The monoisotopic (exact) mass is 465 g/mol. The maximum atomic E-state index is 13.1. The van der Waals surface area contributed by atoms with Gasteiger partial charge in [0.1, 0.15) is 6.54 Å².